The van der Waals surface area contributed by atoms with Crippen LogP contribution in [0.25, 0.3) is 10.9 Å². The fourth-order valence-corrected chi connectivity index (χ4v) is 4.15. The molecule has 0 bridgehead atoms. The number of para-hydroxylation sites is 1. The quantitative estimate of drug-likeness (QED) is 0.534. The van der Waals surface area contributed by atoms with Crippen molar-refractivity contribution in [2.75, 3.05) is 18.0 Å². The van der Waals surface area contributed by atoms with Crippen LogP contribution in [0, 0.1) is 0 Å². The van der Waals surface area contributed by atoms with Crippen molar-refractivity contribution in [2.45, 2.75) is 19.4 Å². The Morgan fingerprint density at radius 1 is 1.03 bits per heavy atom. The smallest absolute Gasteiger partial charge is 0.252 e. The van der Waals surface area contributed by atoms with Gasteiger partial charge in [0.15, 0.2) is 0 Å². The van der Waals surface area contributed by atoms with E-state index >= 15 is 0 Å². The van der Waals surface area contributed by atoms with E-state index in [9.17, 15) is 4.79 Å². The number of carbonyl (C=O) groups excluding carboxylic acids is 1. The zero-order chi connectivity index (χ0) is 20.3. The van der Waals surface area contributed by atoms with Gasteiger partial charge >= 0.3 is 0 Å². The van der Waals surface area contributed by atoms with Crippen LogP contribution in [-0.2, 0) is 19.4 Å². The van der Waals surface area contributed by atoms with Crippen molar-refractivity contribution < 1.29 is 4.79 Å². The second kappa shape index (κ2) is 8.03. The lowest BCUT2D eigenvalue weighted by Crippen LogP contribution is -2.31. The van der Waals surface area contributed by atoms with Crippen molar-refractivity contribution >= 4 is 22.6 Å². The van der Waals surface area contributed by atoms with Crippen molar-refractivity contribution in [3.05, 3.63) is 95.3 Å². The van der Waals surface area contributed by atoms with Gasteiger partial charge in [0.2, 0.25) is 0 Å². The summed E-state index contributed by atoms with van der Waals surface area (Å²) in [6, 6.07) is 20.6. The lowest BCUT2D eigenvalue weighted by atomic mass is 10.00. The first-order chi connectivity index (χ1) is 14.8. The second-order valence-corrected chi connectivity index (χ2v) is 7.71. The van der Waals surface area contributed by atoms with Crippen molar-refractivity contribution in [3.63, 3.8) is 0 Å². The molecule has 0 atom stereocenters. The van der Waals surface area contributed by atoms with Crippen LogP contribution in [0.15, 0.2) is 73.1 Å². The van der Waals surface area contributed by atoms with Crippen LogP contribution in [0.5, 0.6) is 0 Å². The number of carbonyl (C=O) groups is 1. The van der Waals surface area contributed by atoms with E-state index in [1.807, 2.05) is 30.5 Å². The topological polar surface area (TPSA) is 61.0 Å². The standard InChI is InChI=1S/C25H24N4O/c30-25(26-13-11-19-15-27-23-8-4-3-7-22(19)23)20-9-10-24(28-16-20)29-14-12-18-5-1-2-6-21(18)17-29/h1-10,15-16,27H,11-14,17H2,(H,26,30). The number of aromatic nitrogens is 2. The van der Waals surface area contributed by atoms with Crippen LogP contribution in [0.2, 0.25) is 0 Å². The zero-order valence-electron chi connectivity index (χ0n) is 16.8. The van der Waals surface area contributed by atoms with Gasteiger partial charge in [-0.25, -0.2) is 4.98 Å². The number of nitrogens with one attached hydrogen (secondary N) is 2. The Labute approximate surface area is 175 Å². The van der Waals surface area contributed by atoms with Crippen molar-refractivity contribution in [2.24, 2.45) is 0 Å². The molecule has 1 amide bonds. The molecular weight excluding hydrogens is 372 g/mol. The number of anilines is 1. The van der Waals surface area contributed by atoms with Crippen LogP contribution in [0.1, 0.15) is 27.0 Å². The molecule has 150 valence electrons. The fourth-order valence-electron chi connectivity index (χ4n) is 4.15. The van der Waals surface area contributed by atoms with Crippen LogP contribution in [0.4, 0.5) is 5.82 Å². The number of nitrogens with zero attached hydrogens (tertiary/aromatic N) is 2. The maximum Gasteiger partial charge on any atom is 0.252 e. The largest absolute Gasteiger partial charge is 0.361 e. The molecule has 1 aliphatic rings. The van der Waals surface area contributed by atoms with E-state index in [4.69, 9.17) is 0 Å². The summed E-state index contributed by atoms with van der Waals surface area (Å²) in [4.78, 5) is 22.6. The molecule has 0 spiro atoms. The number of hydrogen-bond donors (Lipinski definition) is 2. The fraction of sp³-hybridized carbons (Fsp3) is 0.200. The lowest BCUT2D eigenvalue weighted by molar-refractivity contribution is 0.0954. The molecule has 0 radical (unpaired) electrons. The summed E-state index contributed by atoms with van der Waals surface area (Å²) in [6.45, 7) is 2.39. The molecule has 2 aromatic heterocycles. The summed E-state index contributed by atoms with van der Waals surface area (Å²) < 4.78 is 0. The monoisotopic (exact) mass is 396 g/mol. The Hall–Kier alpha value is -3.60. The molecule has 0 saturated heterocycles. The summed E-state index contributed by atoms with van der Waals surface area (Å²) in [7, 11) is 0. The minimum absolute atomic E-state index is 0.0853. The van der Waals surface area contributed by atoms with Crippen LogP contribution in [0.3, 0.4) is 0 Å². The molecule has 5 rings (SSSR count). The average Bonchev–Trinajstić information content (AvgIpc) is 3.22. The molecule has 2 N–H and O–H groups in total. The highest BCUT2D eigenvalue weighted by Crippen LogP contribution is 2.23. The third-order valence-electron chi connectivity index (χ3n) is 5.82. The van der Waals surface area contributed by atoms with Gasteiger partial charge < -0.3 is 15.2 Å². The van der Waals surface area contributed by atoms with Crippen molar-refractivity contribution in [1.82, 2.24) is 15.3 Å². The molecule has 5 heteroatoms. The van der Waals surface area contributed by atoms with E-state index in [2.05, 4.69) is 56.6 Å². The first kappa shape index (κ1) is 18.4. The van der Waals surface area contributed by atoms with E-state index in [0.29, 0.717) is 12.1 Å². The Morgan fingerprint density at radius 2 is 1.87 bits per heavy atom. The van der Waals surface area contributed by atoms with Crippen LogP contribution in [-0.4, -0.2) is 29.0 Å². The van der Waals surface area contributed by atoms with Gasteiger partial charge in [0.25, 0.3) is 5.91 Å². The first-order valence-corrected chi connectivity index (χ1v) is 10.4. The van der Waals surface area contributed by atoms with Gasteiger partial charge in [0.05, 0.1) is 5.56 Å². The number of aromatic amines is 1. The van der Waals surface area contributed by atoms with E-state index in [1.165, 1.54) is 22.1 Å². The van der Waals surface area contributed by atoms with E-state index in [0.717, 1.165) is 37.3 Å². The van der Waals surface area contributed by atoms with Gasteiger partial charge in [-0.3, -0.25) is 4.79 Å². The summed E-state index contributed by atoms with van der Waals surface area (Å²) in [5.74, 6) is 0.831. The highest BCUT2D eigenvalue weighted by Gasteiger charge is 2.17. The Balaban J connectivity index is 1.19. The third kappa shape index (κ3) is 3.66. The number of rotatable bonds is 5. The zero-order valence-corrected chi connectivity index (χ0v) is 16.8. The third-order valence-corrected chi connectivity index (χ3v) is 5.82. The average molecular weight is 396 g/mol. The minimum atomic E-state index is -0.0853. The lowest BCUT2D eigenvalue weighted by Gasteiger charge is -2.29. The molecular formula is C25H24N4O. The van der Waals surface area contributed by atoms with E-state index in [-0.39, 0.29) is 5.91 Å². The Kier molecular flexibility index (Phi) is 4.93. The van der Waals surface area contributed by atoms with Gasteiger partial charge in [-0.1, -0.05) is 42.5 Å². The van der Waals surface area contributed by atoms with E-state index in [1.54, 1.807) is 6.20 Å². The highest BCUT2D eigenvalue weighted by molar-refractivity contribution is 5.94. The summed E-state index contributed by atoms with van der Waals surface area (Å²) in [5.41, 5.74) is 5.70. The molecule has 3 heterocycles. The predicted molar refractivity (Wildman–Crippen MR) is 120 cm³/mol. The number of benzene rings is 2. The number of amides is 1. The normalized spacial score (nSPS) is 13.3. The van der Waals surface area contributed by atoms with Gasteiger partial charge in [0, 0.05) is 42.9 Å². The number of H-pyrrole nitrogens is 1. The second-order valence-electron chi connectivity index (χ2n) is 7.71. The summed E-state index contributed by atoms with van der Waals surface area (Å²) in [6.07, 6.45) is 5.50. The highest BCUT2D eigenvalue weighted by atomic mass is 16.1. The minimum Gasteiger partial charge on any atom is -0.361 e. The summed E-state index contributed by atoms with van der Waals surface area (Å²) >= 11 is 0. The number of hydrogen-bond acceptors (Lipinski definition) is 3. The van der Waals surface area contributed by atoms with E-state index < -0.39 is 0 Å². The molecule has 5 nitrogen and oxygen atoms in total. The van der Waals surface area contributed by atoms with Gasteiger partial charge in [-0.2, -0.15) is 0 Å². The van der Waals surface area contributed by atoms with Crippen LogP contribution < -0.4 is 10.2 Å². The molecule has 2 aromatic carbocycles. The van der Waals surface area contributed by atoms with Gasteiger partial charge in [-0.05, 0) is 47.7 Å². The van der Waals surface area contributed by atoms with Crippen molar-refractivity contribution in [1.29, 1.82) is 0 Å². The van der Waals surface area contributed by atoms with Crippen LogP contribution >= 0.6 is 0 Å². The predicted octanol–water partition coefficient (Wildman–Crippen LogP) is 4.10. The van der Waals surface area contributed by atoms with Gasteiger partial charge in [0.1, 0.15) is 5.82 Å². The SMILES string of the molecule is O=C(NCCc1c[nH]c2ccccc12)c1ccc(N2CCc3ccccc3C2)nc1. The Bertz CT molecular complexity index is 1180. The molecule has 0 saturated carbocycles. The Morgan fingerprint density at radius 3 is 2.73 bits per heavy atom. The van der Waals surface area contributed by atoms with Crippen molar-refractivity contribution in [3.8, 4) is 0 Å². The molecule has 1 aliphatic heterocycles. The van der Waals surface area contributed by atoms with Gasteiger partial charge in [-0.15, -0.1) is 0 Å². The number of fused-ring (bicyclic) bond motifs is 2. The maximum absolute atomic E-state index is 12.5. The number of pyridine rings is 1. The molecule has 0 fully saturated rings. The molecule has 30 heavy (non-hydrogen) atoms. The molecule has 4 aromatic rings. The summed E-state index contributed by atoms with van der Waals surface area (Å²) in [5, 5.41) is 4.22. The molecule has 0 unspecified atom stereocenters. The maximum atomic E-state index is 12.5. The first-order valence-electron chi connectivity index (χ1n) is 10.4. The molecule has 0 aliphatic carbocycles.